The number of carbonyl (C=O) groups is 3. The third-order valence-electron chi connectivity index (χ3n) is 5.75. The van der Waals surface area contributed by atoms with Gasteiger partial charge in [0, 0.05) is 27.4 Å². The fourth-order valence-corrected chi connectivity index (χ4v) is 5.82. The third kappa shape index (κ3) is 6.81. The van der Waals surface area contributed by atoms with Crippen molar-refractivity contribution in [2.75, 3.05) is 18.8 Å². The van der Waals surface area contributed by atoms with Crippen LogP contribution in [0.2, 0.25) is 5.02 Å². The smallest absolute Gasteiger partial charge is 0.407 e. The third-order valence-corrected chi connectivity index (χ3v) is 7.87. The van der Waals surface area contributed by atoms with Crippen LogP contribution in [0.1, 0.15) is 60.3 Å². The van der Waals surface area contributed by atoms with Gasteiger partial charge in [-0.25, -0.2) is 9.78 Å². The van der Waals surface area contributed by atoms with Gasteiger partial charge in [0.25, 0.3) is 11.8 Å². The summed E-state index contributed by atoms with van der Waals surface area (Å²) in [5, 5.41) is 6.05. The lowest BCUT2D eigenvalue weighted by Gasteiger charge is -2.26. The zero-order valence-corrected chi connectivity index (χ0v) is 24.6. The van der Waals surface area contributed by atoms with Crippen LogP contribution in [-0.2, 0) is 4.74 Å². The summed E-state index contributed by atoms with van der Waals surface area (Å²) in [6, 6.07) is 9.88. The summed E-state index contributed by atoms with van der Waals surface area (Å²) in [5.74, 6) is 0.890. The Labute approximate surface area is 238 Å². The molecule has 38 heavy (non-hydrogen) atoms. The zero-order chi connectivity index (χ0) is 27.6. The Kier molecular flexibility index (Phi) is 8.59. The number of ether oxygens (including phenoxy) is 1. The molecule has 2 aromatic carbocycles. The lowest BCUT2D eigenvalue weighted by Crippen LogP contribution is -2.43. The highest BCUT2D eigenvalue weighted by atomic mass is 79.9. The summed E-state index contributed by atoms with van der Waals surface area (Å²) in [7, 11) is 0. The maximum atomic E-state index is 13.3. The number of nitrogens with one attached hydrogen (secondary N) is 3. The number of thioether (sulfide) groups is 1. The molecule has 2 heterocycles. The molecule has 202 valence electrons. The number of nitrogens with zero attached hydrogens (tertiary/aromatic N) is 2. The van der Waals surface area contributed by atoms with Gasteiger partial charge in [0.05, 0.1) is 34.6 Å². The second kappa shape index (κ2) is 11.5. The number of rotatable bonds is 6. The number of benzene rings is 2. The zero-order valence-electron chi connectivity index (χ0n) is 21.4. The van der Waals surface area contributed by atoms with Crippen LogP contribution in [-0.4, -0.2) is 62.6 Å². The van der Waals surface area contributed by atoms with E-state index in [9.17, 15) is 14.4 Å². The summed E-state index contributed by atoms with van der Waals surface area (Å²) in [6.07, 6.45) is -0.519. The molecule has 1 fully saturated rings. The minimum atomic E-state index is -0.598. The van der Waals surface area contributed by atoms with E-state index in [0.717, 1.165) is 16.8 Å². The Balaban J connectivity index is 1.39. The molecular formula is C26H29BrClN5O4S. The van der Waals surface area contributed by atoms with Crippen LogP contribution in [0, 0.1) is 0 Å². The van der Waals surface area contributed by atoms with Crippen molar-refractivity contribution in [1.29, 1.82) is 0 Å². The van der Waals surface area contributed by atoms with Crippen LogP contribution in [0.4, 0.5) is 4.79 Å². The van der Waals surface area contributed by atoms with Crippen LogP contribution >= 0.6 is 39.3 Å². The number of imidazole rings is 1. The molecule has 0 saturated carbocycles. The first-order valence-electron chi connectivity index (χ1n) is 12.1. The first kappa shape index (κ1) is 28.3. The first-order valence-corrected chi connectivity index (χ1v) is 14.3. The molecule has 3 N–H and O–H groups in total. The van der Waals surface area contributed by atoms with Gasteiger partial charge in [-0.2, -0.15) is 0 Å². The molecule has 12 heteroatoms. The Morgan fingerprint density at radius 1 is 1.26 bits per heavy atom. The molecule has 0 bridgehead atoms. The maximum absolute atomic E-state index is 13.3. The Morgan fingerprint density at radius 3 is 2.74 bits per heavy atom. The molecule has 0 spiro atoms. The molecule has 3 aromatic rings. The SMILES string of the molecule is C[C@H](NC(=O)c1ccc(C(=O)N2CCSC2CNC(=O)OC(C)(C)C)c(Br)c1)c1nc2cc(Cl)ccc2[nH]1. The quantitative estimate of drug-likeness (QED) is 0.334. The molecule has 1 aromatic heterocycles. The molecule has 3 amide bonds. The number of hydrogen-bond donors (Lipinski definition) is 3. The highest BCUT2D eigenvalue weighted by molar-refractivity contribution is 9.10. The standard InChI is InChI=1S/C26H29BrClN5O4S/c1-14(22-31-19-8-6-16(28)12-20(19)32-22)30-23(34)15-5-7-17(18(27)11-15)24(35)33-9-10-38-21(33)13-29-25(36)37-26(2,3)4/h5-8,11-12,14,21H,9-10,13H2,1-4H3,(H,29,36)(H,30,34)(H,31,32)/t14-,21?/m0/s1. The molecule has 1 unspecified atom stereocenters. The number of alkyl carbamates (subject to hydrolysis) is 1. The van der Waals surface area contributed by atoms with Crippen molar-refractivity contribution in [2.45, 2.75) is 44.7 Å². The van der Waals surface area contributed by atoms with Gasteiger partial charge in [0.1, 0.15) is 11.4 Å². The Morgan fingerprint density at radius 2 is 2.03 bits per heavy atom. The van der Waals surface area contributed by atoms with Crippen LogP contribution in [0.15, 0.2) is 40.9 Å². The van der Waals surface area contributed by atoms with Crippen LogP contribution in [0.3, 0.4) is 0 Å². The topological polar surface area (TPSA) is 116 Å². The summed E-state index contributed by atoms with van der Waals surface area (Å²) < 4.78 is 5.80. The van der Waals surface area contributed by atoms with Gasteiger partial charge < -0.3 is 25.3 Å². The normalized spacial score (nSPS) is 16.4. The number of halogens is 2. The second-order valence-corrected chi connectivity index (χ2v) is 12.5. The van der Waals surface area contributed by atoms with Gasteiger partial charge in [-0.1, -0.05) is 11.6 Å². The van der Waals surface area contributed by atoms with E-state index >= 15 is 0 Å². The molecule has 1 aliphatic rings. The number of aromatic nitrogens is 2. The van der Waals surface area contributed by atoms with Crippen molar-refractivity contribution in [2.24, 2.45) is 0 Å². The van der Waals surface area contributed by atoms with Crippen LogP contribution < -0.4 is 10.6 Å². The maximum Gasteiger partial charge on any atom is 0.407 e. The van der Waals surface area contributed by atoms with Gasteiger partial charge in [0.2, 0.25) is 0 Å². The molecule has 2 atom stereocenters. The van der Waals surface area contributed by atoms with Crippen molar-refractivity contribution < 1.29 is 19.1 Å². The Bertz CT molecular complexity index is 1380. The predicted octanol–water partition coefficient (Wildman–Crippen LogP) is 5.51. The molecular weight excluding hydrogens is 594 g/mol. The average Bonchev–Trinajstić information content (AvgIpc) is 3.48. The van der Waals surface area contributed by atoms with Gasteiger partial charge >= 0.3 is 6.09 Å². The average molecular weight is 623 g/mol. The summed E-state index contributed by atoms with van der Waals surface area (Å²) in [5.41, 5.74) is 1.79. The predicted molar refractivity (Wildman–Crippen MR) is 153 cm³/mol. The molecule has 9 nitrogen and oxygen atoms in total. The van der Waals surface area contributed by atoms with Crippen molar-refractivity contribution >= 4 is 68.2 Å². The lowest BCUT2D eigenvalue weighted by molar-refractivity contribution is 0.0511. The Hall–Kier alpha value is -2.76. The summed E-state index contributed by atoms with van der Waals surface area (Å²) >= 11 is 11.1. The number of aromatic amines is 1. The van der Waals surface area contributed by atoms with E-state index in [4.69, 9.17) is 16.3 Å². The molecule has 0 aliphatic carbocycles. The van der Waals surface area contributed by atoms with Gasteiger partial charge in [-0.05, 0) is 80.0 Å². The minimum Gasteiger partial charge on any atom is -0.444 e. The van der Waals surface area contributed by atoms with Gasteiger partial charge in [-0.15, -0.1) is 11.8 Å². The minimum absolute atomic E-state index is 0.181. The highest BCUT2D eigenvalue weighted by Gasteiger charge is 2.32. The molecule has 1 aliphatic heterocycles. The van der Waals surface area contributed by atoms with E-state index in [0.29, 0.717) is 33.0 Å². The van der Waals surface area contributed by atoms with Crippen LogP contribution in [0.25, 0.3) is 11.0 Å². The fourth-order valence-electron chi connectivity index (χ4n) is 3.94. The van der Waals surface area contributed by atoms with Crippen molar-refractivity contribution in [3.8, 4) is 0 Å². The number of amides is 3. The largest absolute Gasteiger partial charge is 0.444 e. The lowest BCUT2D eigenvalue weighted by atomic mass is 10.1. The summed E-state index contributed by atoms with van der Waals surface area (Å²) in [4.78, 5) is 47.7. The van der Waals surface area contributed by atoms with Gasteiger partial charge in [-0.3, -0.25) is 9.59 Å². The van der Waals surface area contributed by atoms with Crippen LogP contribution in [0.5, 0.6) is 0 Å². The molecule has 0 radical (unpaired) electrons. The van der Waals surface area contributed by atoms with E-state index < -0.39 is 11.7 Å². The van der Waals surface area contributed by atoms with E-state index in [2.05, 4.69) is 36.5 Å². The van der Waals surface area contributed by atoms with E-state index in [1.165, 1.54) is 0 Å². The van der Waals surface area contributed by atoms with Gasteiger partial charge in [0.15, 0.2) is 0 Å². The highest BCUT2D eigenvalue weighted by Crippen LogP contribution is 2.28. The van der Waals surface area contributed by atoms with Crippen molar-refractivity contribution in [3.63, 3.8) is 0 Å². The van der Waals surface area contributed by atoms with Crippen molar-refractivity contribution in [3.05, 3.63) is 62.8 Å². The van der Waals surface area contributed by atoms with E-state index in [1.54, 1.807) is 67.8 Å². The number of carbonyl (C=O) groups excluding carboxylic acids is 3. The number of hydrogen-bond acceptors (Lipinski definition) is 6. The number of H-pyrrole nitrogens is 1. The van der Waals surface area contributed by atoms with Crippen molar-refractivity contribution in [1.82, 2.24) is 25.5 Å². The number of fused-ring (bicyclic) bond motifs is 1. The monoisotopic (exact) mass is 621 g/mol. The molecule has 4 rings (SSSR count). The molecule has 1 saturated heterocycles. The van der Waals surface area contributed by atoms with E-state index in [1.807, 2.05) is 13.0 Å². The van der Waals surface area contributed by atoms with E-state index in [-0.39, 0.29) is 29.8 Å². The second-order valence-electron chi connectivity index (χ2n) is 9.88. The fraction of sp³-hybridized carbons (Fsp3) is 0.385. The summed E-state index contributed by atoms with van der Waals surface area (Å²) in [6.45, 7) is 8.05. The first-order chi connectivity index (χ1) is 17.9.